The van der Waals surface area contributed by atoms with E-state index in [1.807, 2.05) is 0 Å². The quantitative estimate of drug-likeness (QED) is 0.194. The lowest BCUT2D eigenvalue weighted by atomic mass is 9.85. The first-order valence-corrected chi connectivity index (χ1v) is 16.9. The summed E-state index contributed by atoms with van der Waals surface area (Å²) in [6.45, 7) is 25.2. The summed E-state index contributed by atoms with van der Waals surface area (Å²) in [6.07, 6.45) is 14.8. The van der Waals surface area contributed by atoms with Crippen LogP contribution in [-0.4, -0.2) is 36.5 Å². The number of hydrogen-bond donors (Lipinski definition) is 0. The third kappa shape index (κ3) is 8.59. The molecule has 0 bridgehead atoms. The van der Waals surface area contributed by atoms with Crippen molar-refractivity contribution in [2.75, 3.05) is 31.1 Å². The van der Waals surface area contributed by atoms with Crippen LogP contribution >= 0.6 is 0 Å². The predicted molar refractivity (Wildman–Crippen MR) is 187 cm³/mol. The van der Waals surface area contributed by atoms with Crippen molar-refractivity contribution in [3.8, 4) is 0 Å². The molecule has 3 rings (SSSR count). The van der Waals surface area contributed by atoms with Crippen molar-refractivity contribution >= 4 is 17.0 Å². The lowest BCUT2D eigenvalue weighted by Gasteiger charge is -2.29. The van der Waals surface area contributed by atoms with Gasteiger partial charge in [-0.25, -0.2) is 4.58 Å². The second kappa shape index (κ2) is 16.7. The van der Waals surface area contributed by atoms with Crippen LogP contribution in [0.1, 0.15) is 121 Å². The number of aryl methyl sites for hydroxylation is 3. The topological polar surface area (TPSA) is 6.25 Å². The summed E-state index contributed by atoms with van der Waals surface area (Å²) in [5.41, 5.74) is 15.0. The summed E-state index contributed by atoms with van der Waals surface area (Å²) in [6, 6.07) is 14.0. The summed E-state index contributed by atoms with van der Waals surface area (Å²) in [5, 5.41) is 0. The molecule has 228 valence electrons. The number of allylic oxidation sites excluding steroid dienone is 5. The van der Waals surface area contributed by atoms with Crippen molar-refractivity contribution in [2.24, 2.45) is 0 Å². The Bertz CT molecular complexity index is 1250. The van der Waals surface area contributed by atoms with Crippen LogP contribution in [-0.2, 0) is 0 Å². The molecule has 0 N–H and O–H groups in total. The van der Waals surface area contributed by atoms with E-state index in [1.165, 1.54) is 113 Å². The molecule has 2 heteroatoms. The minimum absolute atomic E-state index is 1.14. The van der Waals surface area contributed by atoms with Crippen LogP contribution in [0.5, 0.6) is 0 Å². The first-order chi connectivity index (χ1) is 20.2. The average Bonchev–Trinajstić information content (AvgIpc) is 2.94. The zero-order valence-electron chi connectivity index (χ0n) is 28.5. The Kier molecular flexibility index (Phi) is 13.4. The minimum atomic E-state index is 1.14. The standard InChI is InChI=1S/C40H59N2/c1-10-14-21-41(22-15-11-2)39-31(6)26-36(27-32(39)7)38(35-20-18-19-30(5)25-35)37-28-33(8)40(34(9)29-37)42(23-16-12-3)24-17-13-4/h18-20,25-29H,10-17,21-24H2,1-9H3/q+1. The Hall–Kier alpha value is -2.87. The molecule has 0 amide bonds. The van der Waals surface area contributed by atoms with Gasteiger partial charge >= 0.3 is 0 Å². The number of rotatable bonds is 15. The smallest absolute Gasteiger partial charge is 0.205 e. The van der Waals surface area contributed by atoms with E-state index in [-0.39, 0.29) is 0 Å². The van der Waals surface area contributed by atoms with E-state index >= 15 is 0 Å². The van der Waals surface area contributed by atoms with Gasteiger partial charge < -0.3 is 4.90 Å². The van der Waals surface area contributed by atoms with Gasteiger partial charge in [0.05, 0.1) is 0 Å². The number of hydrogen-bond acceptors (Lipinski definition) is 1. The van der Waals surface area contributed by atoms with Crippen molar-refractivity contribution in [1.82, 2.24) is 0 Å². The number of nitrogens with zero attached hydrogens (tertiary/aromatic N) is 2. The fourth-order valence-electron chi connectivity index (χ4n) is 6.57. The molecule has 2 nitrogen and oxygen atoms in total. The highest BCUT2D eigenvalue weighted by Crippen LogP contribution is 2.37. The van der Waals surface area contributed by atoms with E-state index in [1.54, 1.807) is 0 Å². The van der Waals surface area contributed by atoms with E-state index < -0.39 is 0 Å². The Morgan fingerprint density at radius 2 is 1.17 bits per heavy atom. The molecule has 0 fully saturated rings. The maximum atomic E-state index is 2.65. The van der Waals surface area contributed by atoms with Gasteiger partial charge in [-0.2, -0.15) is 0 Å². The summed E-state index contributed by atoms with van der Waals surface area (Å²) >= 11 is 0. The molecule has 1 aliphatic rings. The van der Waals surface area contributed by atoms with Crippen molar-refractivity contribution < 1.29 is 4.58 Å². The van der Waals surface area contributed by atoms with E-state index in [0.717, 1.165) is 26.2 Å². The van der Waals surface area contributed by atoms with Crippen LogP contribution in [0.25, 0.3) is 5.57 Å². The lowest BCUT2D eigenvalue weighted by molar-refractivity contribution is -0.528. The highest BCUT2D eigenvalue weighted by molar-refractivity contribution is 6.11. The summed E-state index contributed by atoms with van der Waals surface area (Å²) in [5.74, 6) is 0. The van der Waals surface area contributed by atoms with E-state index in [9.17, 15) is 0 Å². The number of unbranched alkanes of at least 4 members (excludes halogenated alkanes) is 4. The monoisotopic (exact) mass is 567 g/mol. The SMILES string of the molecule is CCCCN(CCCC)c1c(C)cc(C(=C2C=C(C)C(=[N+](CCCC)CCCC)C(C)=C2)c2cccc(C)c2)cc1C. The highest BCUT2D eigenvalue weighted by Gasteiger charge is 2.24. The Balaban J connectivity index is 2.22. The van der Waals surface area contributed by atoms with Crippen LogP contribution in [0.3, 0.4) is 0 Å². The molecular formula is C40H59N2+. The Labute approximate surface area is 258 Å². The fraction of sp³-hybridized carbons (Fsp3) is 0.525. The molecule has 0 atom stereocenters. The van der Waals surface area contributed by atoms with Crippen LogP contribution in [0.15, 0.2) is 65.3 Å². The Morgan fingerprint density at radius 1 is 0.643 bits per heavy atom. The molecule has 0 aromatic heterocycles. The highest BCUT2D eigenvalue weighted by atomic mass is 15.1. The maximum Gasteiger partial charge on any atom is 0.205 e. The van der Waals surface area contributed by atoms with Crippen molar-refractivity contribution in [1.29, 1.82) is 0 Å². The molecule has 1 aliphatic carbocycles. The molecule has 2 aromatic carbocycles. The zero-order chi connectivity index (χ0) is 30.6. The molecule has 0 unspecified atom stereocenters. The predicted octanol–water partition coefficient (Wildman–Crippen LogP) is 10.8. The normalized spacial score (nSPS) is 13.3. The van der Waals surface area contributed by atoms with Crippen molar-refractivity contribution in [2.45, 2.75) is 114 Å². The second-order valence-corrected chi connectivity index (χ2v) is 12.6. The zero-order valence-corrected chi connectivity index (χ0v) is 28.5. The molecule has 2 aromatic rings. The fourth-order valence-corrected chi connectivity index (χ4v) is 6.57. The third-order valence-electron chi connectivity index (χ3n) is 8.63. The van der Waals surface area contributed by atoms with Crippen LogP contribution in [0.4, 0.5) is 5.69 Å². The molecule has 0 heterocycles. The minimum Gasteiger partial charge on any atom is -0.371 e. The molecule has 42 heavy (non-hydrogen) atoms. The number of anilines is 1. The molecule has 0 saturated carbocycles. The van der Waals surface area contributed by atoms with Crippen LogP contribution in [0.2, 0.25) is 0 Å². The molecule has 0 aliphatic heterocycles. The Morgan fingerprint density at radius 3 is 1.64 bits per heavy atom. The largest absolute Gasteiger partial charge is 0.371 e. The first-order valence-electron chi connectivity index (χ1n) is 16.9. The summed E-state index contributed by atoms with van der Waals surface area (Å²) in [4.78, 5) is 2.65. The maximum absolute atomic E-state index is 2.65. The van der Waals surface area contributed by atoms with Gasteiger partial charge in [0.2, 0.25) is 5.71 Å². The van der Waals surface area contributed by atoms with Gasteiger partial charge in [-0.3, -0.25) is 0 Å². The van der Waals surface area contributed by atoms with Gasteiger partial charge in [0.1, 0.15) is 13.1 Å². The summed E-state index contributed by atoms with van der Waals surface area (Å²) < 4.78 is 2.65. The third-order valence-corrected chi connectivity index (χ3v) is 8.63. The molecule has 0 radical (unpaired) electrons. The molecule has 0 saturated heterocycles. The summed E-state index contributed by atoms with van der Waals surface area (Å²) in [7, 11) is 0. The van der Waals surface area contributed by atoms with Gasteiger partial charge in [0, 0.05) is 42.8 Å². The molecule has 0 spiro atoms. The van der Waals surface area contributed by atoms with E-state index in [4.69, 9.17) is 0 Å². The average molecular weight is 568 g/mol. The van der Waals surface area contributed by atoms with E-state index in [2.05, 4.69) is 120 Å². The van der Waals surface area contributed by atoms with Gasteiger partial charge in [0.15, 0.2) is 0 Å². The number of benzene rings is 2. The van der Waals surface area contributed by atoms with Gasteiger partial charge in [-0.1, -0.05) is 83.2 Å². The van der Waals surface area contributed by atoms with Crippen molar-refractivity contribution in [3.05, 3.63) is 93.1 Å². The second-order valence-electron chi connectivity index (χ2n) is 12.6. The van der Waals surface area contributed by atoms with Crippen LogP contribution < -0.4 is 4.90 Å². The van der Waals surface area contributed by atoms with E-state index in [0.29, 0.717) is 0 Å². The van der Waals surface area contributed by atoms with Gasteiger partial charge in [-0.15, -0.1) is 0 Å². The van der Waals surface area contributed by atoms with Gasteiger partial charge in [0.25, 0.3) is 0 Å². The van der Waals surface area contributed by atoms with Crippen molar-refractivity contribution in [3.63, 3.8) is 0 Å². The lowest BCUT2D eigenvalue weighted by Crippen LogP contribution is -2.27. The first kappa shape index (κ1) is 33.6. The van der Waals surface area contributed by atoms with Crippen LogP contribution in [0, 0.1) is 20.8 Å². The molecular weight excluding hydrogens is 508 g/mol. The van der Waals surface area contributed by atoms with Gasteiger partial charge in [-0.05, 0) is 105 Å².